The Morgan fingerprint density at radius 3 is 1.66 bits per heavy atom. The first kappa shape index (κ1) is 58.3. The molecule has 2 saturated heterocycles. The molecule has 0 saturated carbocycles. The molecule has 0 spiro atoms. The van der Waals surface area contributed by atoms with Crippen LogP contribution in [0.4, 0.5) is 10.5 Å². The molecule has 70 heavy (non-hydrogen) atoms. The molecular formula is C46H55KN10O13. The van der Waals surface area contributed by atoms with Crippen molar-refractivity contribution in [1.29, 1.82) is 15.8 Å². The van der Waals surface area contributed by atoms with Gasteiger partial charge in [-0.15, -0.1) is 0 Å². The molecule has 0 bridgehead atoms. The SMILES string of the molecule is CC(C)OC(=O)[C@@H](Cn1cc(C#N)cn1)OC(=O)Nc1c2c(cc3c1CCC3)CCC2.CC(C)OC(=O)[C@H](O)Cn1cc(C#N)cn1.CC(C)OC(=O)[C@H]1CO1.N#Cc1cn[nH]c1.O=C([O-])[C@H]1CO1.[K+]. The van der Waals surface area contributed by atoms with E-state index in [1.165, 1.54) is 62.6 Å². The van der Waals surface area contributed by atoms with Crippen LogP contribution < -0.4 is 61.8 Å². The number of rotatable bonds is 13. The molecule has 2 aliphatic carbocycles. The Bertz CT molecular complexity index is 2460. The van der Waals surface area contributed by atoms with E-state index >= 15 is 0 Å². The van der Waals surface area contributed by atoms with Gasteiger partial charge in [-0.2, -0.15) is 31.1 Å². The molecule has 4 atom stereocenters. The number of carboxylic acids is 1. The number of aryl methyl sites for hydroxylation is 2. The van der Waals surface area contributed by atoms with Crippen LogP contribution in [0.5, 0.6) is 0 Å². The summed E-state index contributed by atoms with van der Waals surface area (Å²) in [6, 6.07) is 8.08. The van der Waals surface area contributed by atoms with Gasteiger partial charge >= 0.3 is 75.4 Å². The molecule has 0 radical (unpaired) electrons. The molecule has 1 aromatic carbocycles. The number of epoxide rings is 2. The van der Waals surface area contributed by atoms with Crippen LogP contribution in [0.2, 0.25) is 0 Å². The van der Waals surface area contributed by atoms with Crippen LogP contribution in [0, 0.1) is 34.0 Å². The van der Waals surface area contributed by atoms with Crippen molar-refractivity contribution in [2.24, 2.45) is 0 Å². The average molecular weight is 995 g/mol. The first-order chi connectivity index (χ1) is 32.9. The van der Waals surface area contributed by atoms with Crippen molar-refractivity contribution in [2.75, 3.05) is 18.5 Å². The number of benzene rings is 1. The molecule has 2 fully saturated rings. The Morgan fingerprint density at radius 2 is 1.26 bits per heavy atom. The van der Waals surface area contributed by atoms with Crippen LogP contribution in [-0.2, 0) is 86.4 Å². The minimum atomic E-state index is -1.27. The van der Waals surface area contributed by atoms with Gasteiger partial charge < -0.3 is 43.4 Å². The summed E-state index contributed by atoms with van der Waals surface area (Å²) in [5.41, 5.74) is 7.13. The fraction of sp³-hybridized carbons (Fsp3) is 0.500. The minimum absolute atomic E-state index is 0. The van der Waals surface area contributed by atoms with Gasteiger partial charge in [0.2, 0.25) is 6.10 Å². The van der Waals surface area contributed by atoms with Gasteiger partial charge in [-0.3, -0.25) is 19.8 Å². The van der Waals surface area contributed by atoms with Crippen molar-refractivity contribution in [3.63, 3.8) is 0 Å². The predicted octanol–water partition coefficient (Wildman–Crippen LogP) is -0.874. The zero-order valence-corrected chi connectivity index (χ0v) is 43.2. The number of amides is 1. The number of aliphatic hydroxyl groups is 1. The number of ether oxygens (including phenoxy) is 6. The maximum absolute atomic E-state index is 12.8. The number of nitrogens with one attached hydrogen (secondary N) is 2. The van der Waals surface area contributed by atoms with Crippen LogP contribution in [0.15, 0.2) is 43.2 Å². The number of fused-ring (bicyclic) bond motifs is 2. The smallest absolute Gasteiger partial charge is 0.547 e. The molecule has 4 aromatic rings. The van der Waals surface area contributed by atoms with Gasteiger partial charge in [-0.1, -0.05) is 6.07 Å². The number of aromatic nitrogens is 6. The van der Waals surface area contributed by atoms with Gasteiger partial charge in [0.05, 0.1) is 91.6 Å². The Morgan fingerprint density at radius 1 is 0.757 bits per heavy atom. The standard InChI is InChI=1S/C23H26N4O4.C10H13N3O3.C6H10O3.C4H3N3.C3H4O3.K/c1-14(2)30-22(28)20(13-27-12-15(10-24)11-25-27)31-23(29)26-21-18-7-3-5-16(18)9-17-6-4-8-19(17)21;1-7(2)16-10(15)9(14)6-13-5-8(3-11)4-12-13;1-4(2)9-6(7)5-3-8-5;5-1-4-2-6-7-3-4;4-3(5)2-1-6-2;/h9,11-12,14,20H,3-8,13H2,1-2H3,(H,26,29);4-5,7,9,14H,6H2,1-2H3;4-5H,3H2,1-2H3;2-3H,(H,6,7);2H,1H2,(H,4,5);/q;;;;;+1/p-1/t20-;9-;5-;;2-;/m111.1./s1. The van der Waals surface area contributed by atoms with Gasteiger partial charge in [-0.25, -0.2) is 19.2 Å². The summed E-state index contributed by atoms with van der Waals surface area (Å²) in [6.45, 7) is 11.3. The van der Waals surface area contributed by atoms with Crippen molar-refractivity contribution in [3.8, 4) is 18.2 Å². The zero-order chi connectivity index (χ0) is 50.6. The van der Waals surface area contributed by atoms with Gasteiger partial charge in [0.15, 0.2) is 12.2 Å². The minimum Gasteiger partial charge on any atom is -0.547 e. The van der Waals surface area contributed by atoms with E-state index in [1.807, 2.05) is 32.1 Å². The third-order valence-corrected chi connectivity index (χ3v) is 9.60. The van der Waals surface area contributed by atoms with Gasteiger partial charge in [0.1, 0.15) is 24.3 Å². The molecule has 2 aliphatic heterocycles. The molecule has 0 unspecified atom stereocenters. The summed E-state index contributed by atoms with van der Waals surface area (Å²) in [7, 11) is 0. The Balaban J connectivity index is 0.000000274. The fourth-order valence-corrected chi connectivity index (χ4v) is 6.46. The number of aromatic amines is 1. The monoisotopic (exact) mass is 994 g/mol. The van der Waals surface area contributed by atoms with E-state index in [0.717, 1.165) is 44.2 Å². The van der Waals surface area contributed by atoms with Crippen LogP contribution in [0.25, 0.3) is 0 Å². The Labute approximate surface area is 446 Å². The van der Waals surface area contributed by atoms with Gasteiger partial charge in [0.25, 0.3) is 0 Å². The first-order valence-corrected chi connectivity index (χ1v) is 22.0. The molecule has 1 amide bonds. The molecule has 24 heteroatoms. The number of carbonyl (C=O) groups is 5. The van der Waals surface area contributed by atoms with Crippen LogP contribution in [-0.4, -0.2) is 121 Å². The molecule has 5 heterocycles. The van der Waals surface area contributed by atoms with Crippen LogP contribution in [0.3, 0.4) is 0 Å². The van der Waals surface area contributed by atoms with Gasteiger partial charge in [-0.05, 0) is 102 Å². The van der Waals surface area contributed by atoms with Crippen molar-refractivity contribution in [1.82, 2.24) is 29.8 Å². The maximum atomic E-state index is 12.8. The number of nitrogens with zero attached hydrogens (tertiary/aromatic N) is 8. The topological polar surface area (TPSA) is 338 Å². The van der Waals surface area contributed by atoms with E-state index in [2.05, 4.69) is 36.5 Å². The number of anilines is 1. The fourth-order valence-electron chi connectivity index (χ4n) is 6.46. The van der Waals surface area contributed by atoms with Crippen LogP contribution in [0.1, 0.15) is 93.3 Å². The third-order valence-electron chi connectivity index (χ3n) is 9.60. The number of carbonyl (C=O) groups excluding carboxylic acids is 5. The number of esters is 3. The average Bonchev–Trinajstić information content (AvgIpc) is 3.92. The molecule has 3 aromatic heterocycles. The number of nitriles is 3. The first-order valence-electron chi connectivity index (χ1n) is 22.0. The Hall–Kier alpha value is -6.01. The summed E-state index contributed by atoms with van der Waals surface area (Å²) < 4.78 is 32.1. The number of carboxylic acid groups (broad SMARTS) is 1. The van der Waals surface area contributed by atoms with Crippen molar-refractivity contribution in [2.45, 2.75) is 136 Å². The largest absolute Gasteiger partial charge is 1.00 e. The summed E-state index contributed by atoms with van der Waals surface area (Å²) in [6.07, 6.45) is 10.1. The van der Waals surface area contributed by atoms with Crippen molar-refractivity contribution < 1.29 is 114 Å². The van der Waals surface area contributed by atoms with E-state index in [1.54, 1.807) is 33.9 Å². The quantitative estimate of drug-likeness (QED) is 0.0634. The molecule has 8 rings (SSSR count). The van der Waals surface area contributed by atoms with E-state index in [9.17, 15) is 34.2 Å². The van der Waals surface area contributed by atoms with Crippen LogP contribution >= 0.6 is 0 Å². The van der Waals surface area contributed by atoms with Crippen molar-refractivity contribution >= 4 is 35.7 Å². The number of hydrogen-bond donors (Lipinski definition) is 3. The summed E-state index contributed by atoms with van der Waals surface area (Å²) in [4.78, 5) is 56.9. The third kappa shape index (κ3) is 20.1. The van der Waals surface area contributed by atoms with Gasteiger partial charge in [0, 0.05) is 18.6 Å². The molecule has 23 nitrogen and oxygen atoms in total. The summed E-state index contributed by atoms with van der Waals surface area (Å²) in [5, 5.41) is 61.5. The number of aliphatic carboxylic acids is 1. The molecule has 3 N–H and O–H groups in total. The normalized spacial score (nSPS) is 15.9. The predicted molar refractivity (Wildman–Crippen MR) is 236 cm³/mol. The van der Waals surface area contributed by atoms with E-state index in [4.69, 9.17) is 39.5 Å². The maximum Gasteiger partial charge on any atom is 1.00 e. The number of hydrogen-bond acceptors (Lipinski definition) is 19. The van der Waals surface area contributed by atoms with E-state index < -0.39 is 42.3 Å². The number of H-pyrrole nitrogens is 1. The molecule has 4 aliphatic rings. The molecule has 368 valence electrons. The Kier molecular flexibility index (Phi) is 24.3. The van der Waals surface area contributed by atoms with E-state index in [0.29, 0.717) is 29.9 Å². The second-order valence-electron chi connectivity index (χ2n) is 16.4. The second-order valence-corrected chi connectivity index (χ2v) is 16.4. The summed E-state index contributed by atoms with van der Waals surface area (Å²) in [5.74, 6) is -2.67. The van der Waals surface area contributed by atoms with E-state index in [-0.39, 0.29) is 94.9 Å². The summed E-state index contributed by atoms with van der Waals surface area (Å²) >= 11 is 0. The second kappa shape index (κ2) is 29.2. The number of aliphatic hydroxyl groups excluding tert-OH is 1. The molecular weight excluding hydrogens is 940 g/mol. The van der Waals surface area contributed by atoms with Crippen molar-refractivity contribution in [3.05, 3.63) is 82.2 Å². The zero-order valence-electron chi connectivity index (χ0n) is 40.1.